The Morgan fingerprint density at radius 1 is 1.42 bits per heavy atom. The van der Waals surface area contributed by atoms with Crippen LogP contribution in [-0.2, 0) is 15.5 Å². The van der Waals surface area contributed by atoms with E-state index in [1.807, 2.05) is 0 Å². The van der Waals surface area contributed by atoms with Gasteiger partial charge in [-0.25, -0.2) is 4.21 Å². The normalized spacial score (nSPS) is 15.5. The van der Waals surface area contributed by atoms with Crippen molar-refractivity contribution >= 4 is 23.0 Å². The summed E-state index contributed by atoms with van der Waals surface area (Å²) >= 11 is 3.01. The van der Waals surface area contributed by atoms with Crippen molar-refractivity contribution in [2.24, 2.45) is 0 Å². The molecule has 5 heteroatoms. The van der Waals surface area contributed by atoms with Gasteiger partial charge in [0.2, 0.25) is 0 Å². The standard InChI is InChI=1S/C7H7ClO3S/c8-7(11-12(9)10)6-4-2-1-3-5-6/h1-5,7H,(H,9,10)/p-1. The van der Waals surface area contributed by atoms with Crippen molar-refractivity contribution in [3.05, 3.63) is 35.9 Å². The third-order valence-electron chi connectivity index (χ3n) is 1.22. The molecule has 66 valence electrons. The smallest absolute Gasteiger partial charge is 0.172 e. The van der Waals surface area contributed by atoms with E-state index in [1.165, 1.54) is 0 Å². The van der Waals surface area contributed by atoms with Crippen LogP contribution in [0.2, 0.25) is 0 Å². The Hall–Kier alpha value is -0.420. The lowest BCUT2D eigenvalue weighted by atomic mass is 10.2. The summed E-state index contributed by atoms with van der Waals surface area (Å²) in [5, 5.41) is 0. The Kier molecular flexibility index (Phi) is 3.68. The molecular weight excluding hydrogens is 200 g/mol. The van der Waals surface area contributed by atoms with Gasteiger partial charge in [-0.1, -0.05) is 41.9 Å². The van der Waals surface area contributed by atoms with Gasteiger partial charge < -0.3 is 4.55 Å². The predicted octanol–water partition coefficient (Wildman–Crippen LogP) is 1.73. The van der Waals surface area contributed by atoms with E-state index in [0.717, 1.165) is 0 Å². The highest BCUT2D eigenvalue weighted by Crippen LogP contribution is 2.21. The Balaban J connectivity index is 2.65. The summed E-state index contributed by atoms with van der Waals surface area (Å²) in [6, 6.07) is 8.68. The van der Waals surface area contributed by atoms with Gasteiger partial charge >= 0.3 is 0 Å². The monoisotopic (exact) mass is 205 g/mol. The lowest BCUT2D eigenvalue weighted by Crippen LogP contribution is -1.99. The first kappa shape index (κ1) is 9.67. The van der Waals surface area contributed by atoms with E-state index in [2.05, 4.69) is 4.18 Å². The van der Waals surface area contributed by atoms with Crippen molar-refractivity contribution < 1.29 is 12.9 Å². The quantitative estimate of drug-likeness (QED) is 0.558. The largest absolute Gasteiger partial charge is 0.750 e. The number of benzene rings is 1. The molecule has 1 aromatic carbocycles. The average molecular weight is 206 g/mol. The van der Waals surface area contributed by atoms with Crippen LogP contribution < -0.4 is 0 Å². The van der Waals surface area contributed by atoms with Crippen molar-refractivity contribution in [1.29, 1.82) is 0 Å². The van der Waals surface area contributed by atoms with Crippen LogP contribution in [0.15, 0.2) is 30.3 Å². The van der Waals surface area contributed by atoms with Crippen LogP contribution in [0.3, 0.4) is 0 Å². The van der Waals surface area contributed by atoms with Gasteiger partial charge in [-0.2, -0.15) is 0 Å². The molecule has 0 saturated heterocycles. The van der Waals surface area contributed by atoms with Crippen LogP contribution in [0.5, 0.6) is 0 Å². The van der Waals surface area contributed by atoms with Crippen LogP contribution in [0, 0.1) is 0 Å². The molecule has 0 aliphatic heterocycles. The third kappa shape index (κ3) is 2.91. The Bertz CT molecular complexity index is 265. The second-order valence-corrected chi connectivity index (χ2v) is 3.02. The van der Waals surface area contributed by atoms with Crippen molar-refractivity contribution in [2.45, 2.75) is 5.56 Å². The second kappa shape index (κ2) is 4.57. The maximum atomic E-state index is 10.1. The summed E-state index contributed by atoms with van der Waals surface area (Å²) in [5.41, 5.74) is -0.326. The molecule has 2 unspecified atom stereocenters. The lowest BCUT2D eigenvalue weighted by molar-refractivity contribution is 0.276. The second-order valence-electron chi connectivity index (χ2n) is 2.03. The Morgan fingerprint density at radius 3 is 2.50 bits per heavy atom. The molecule has 12 heavy (non-hydrogen) atoms. The predicted molar refractivity (Wildman–Crippen MR) is 45.0 cm³/mol. The van der Waals surface area contributed by atoms with Crippen LogP contribution in [0.25, 0.3) is 0 Å². The van der Waals surface area contributed by atoms with Gasteiger partial charge in [0.15, 0.2) is 5.56 Å². The van der Waals surface area contributed by atoms with E-state index >= 15 is 0 Å². The molecule has 0 spiro atoms. The number of hydrogen-bond acceptors (Lipinski definition) is 3. The molecular formula is C7H6ClO3S-. The molecule has 0 saturated carbocycles. The van der Waals surface area contributed by atoms with Crippen LogP contribution in [-0.4, -0.2) is 8.76 Å². The minimum atomic E-state index is -2.58. The molecule has 0 heterocycles. The summed E-state index contributed by atoms with van der Waals surface area (Å²) < 4.78 is 24.5. The molecule has 0 radical (unpaired) electrons. The maximum absolute atomic E-state index is 10.1. The Labute approximate surface area is 77.8 Å². The third-order valence-corrected chi connectivity index (χ3v) is 2.02. The number of alkyl halides is 1. The van der Waals surface area contributed by atoms with Crippen molar-refractivity contribution in [1.82, 2.24) is 0 Å². The summed E-state index contributed by atoms with van der Waals surface area (Å²) in [5.74, 6) is 0. The summed E-state index contributed by atoms with van der Waals surface area (Å²) in [7, 11) is 0. The number of rotatable bonds is 3. The van der Waals surface area contributed by atoms with Crippen molar-refractivity contribution in [2.75, 3.05) is 0 Å². The van der Waals surface area contributed by atoms with Gasteiger partial charge in [0.25, 0.3) is 0 Å². The summed E-state index contributed by atoms with van der Waals surface area (Å²) in [4.78, 5) is 0. The number of halogens is 1. The van der Waals surface area contributed by atoms with Gasteiger partial charge in [0.05, 0.1) is 11.4 Å². The van der Waals surface area contributed by atoms with E-state index in [0.29, 0.717) is 5.56 Å². The minimum Gasteiger partial charge on any atom is -0.750 e. The summed E-state index contributed by atoms with van der Waals surface area (Å²) in [6.45, 7) is 0. The summed E-state index contributed by atoms with van der Waals surface area (Å²) in [6.07, 6.45) is 0. The van der Waals surface area contributed by atoms with Crippen molar-refractivity contribution in [3.63, 3.8) is 0 Å². The van der Waals surface area contributed by atoms with Gasteiger partial charge in [-0.05, 0) is 5.56 Å². The maximum Gasteiger partial charge on any atom is 0.172 e. The van der Waals surface area contributed by atoms with Crippen LogP contribution >= 0.6 is 11.6 Å². The first-order chi connectivity index (χ1) is 5.70. The first-order valence-corrected chi connectivity index (χ1v) is 4.59. The zero-order valence-electron chi connectivity index (χ0n) is 5.98. The Morgan fingerprint density at radius 2 is 2.00 bits per heavy atom. The molecule has 0 aliphatic rings. The molecule has 0 N–H and O–H groups in total. The molecule has 0 bridgehead atoms. The zero-order chi connectivity index (χ0) is 8.97. The molecule has 2 atom stereocenters. The highest BCUT2D eigenvalue weighted by Gasteiger charge is 2.06. The SMILES string of the molecule is O=S([O-])OC(Cl)c1ccccc1. The molecule has 3 nitrogen and oxygen atoms in total. The zero-order valence-corrected chi connectivity index (χ0v) is 7.55. The topological polar surface area (TPSA) is 49.4 Å². The van der Waals surface area contributed by atoms with Crippen LogP contribution in [0.1, 0.15) is 11.1 Å². The van der Waals surface area contributed by atoms with Gasteiger partial charge in [0, 0.05) is 0 Å². The molecule has 0 fully saturated rings. The van der Waals surface area contributed by atoms with E-state index in [-0.39, 0.29) is 0 Å². The van der Waals surface area contributed by atoms with Crippen LogP contribution in [0.4, 0.5) is 0 Å². The van der Waals surface area contributed by atoms with E-state index in [9.17, 15) is 8.76 Å². The minimum absolute atomic E-state index is 0.614. The van der Waals surface area contributed by atoms with Gasteiger partial charge in [0.1, 0.15) is 0 Å². The highest BCUT2D eigenvalue weighted by molar-refractivity contribution is 7.74. The average Bonchev–Trinajstić information content (AvgIpc) is 2.05. The first-order valence-electron chi connectivity index (χ1n) is 3.15. The molecule has 1 rings (SSSR count). The molecule has 0 amide bonds. The van der Waals surface area contributed by atoms with Crippen molar-refractivity contribution in [3.8, 4) is 0 Å². The van der Waals surface area contributed by atoms with Gasteiger partial charge in [-0.15, -0.1) is 0 Å². The molecule has 0 aromatic heterocycles. The number of hydrogen-bond donors (Lipinski definition) is 0. The van der Waals surface area contributed by atoms with E-state index in [1.54, 1.807) is 30.3 Å². The van der Waals surface area contributed by atoms with E-state index in [4.69, 9.17) is 11.6 Å². The lowest BCUT2D eigenvalue weighted by Gasteiger charge is -2.11. The van der Waals surface area contributed by atoms with Gasteiger partial charge in [-0.3, -0.25) is 4.18 Å². The fraction of sp³-hybridized carbons (Fsp3) is 0.143. The van der Waals surface area contributed by atoms with E-state index < -0.39 is 16.9 Å². The molecule has 0 aliphatic carbocycles. The fourth-order valence-corrected chi connectivity index (χ4v) is 1.30. The molecule has 1 aromatic rings. The fourth-order valence-electron chi connectivity index (χ4n) is 0.729. The highest BCUT2D eigenvalue weighted by atomic mass is 35.5.